The normalized spacial score (nSPS) is 10.9. The van der Waals surface area contributed by atoms with E-state index >= 15 is 0 Å². The van der Waals surface area contributed by atoms with E-state index in [4.69, 9.17) is 4.74 Å². The predicted octanol–water partition coefficient (Wildman–Crippen LogP) is 4.33. The van der Waals surface area contributed by atoms with Crippen LogP contribution in [0.4, 0.5) is 5.82 Å². The number of aryl methyl sites for hydroxylation is 3. The van der Waals surface area contributed by atoms with Crippen LogP contribution in [0.15, 0.2) is 35.6 Å². The maximum atomic E-state index is 11.4. The fourth-order valence-electron chi connectivity index (χ4n) is 2.81. The number of nitrogens with zero attached hydrogens (tertiary/aromatic N) is 3. The number of nitroso groups, excluding NO2 is 1. The molecule has 0 amide bonds. The van der Waals surface area contributed by atoms with Gasteiger partial charge in [0.05, 0.1) is 7.11 Å². The van der Waals surface area contributed by atoms with Crippen LogP contribution >= 0.6 is 0 Å². The van der Waals surface area contributed by atoms with E-state index in [-0.39, 0.29) is 0 Å². The smallest absolute Gasteiger partial charge is 0.209 e. The van der Waals surface area contributed by atoms with Crippen LogP contribution in [-0.2, 0) is 0 Å². The molecular weight excluding hydrogens is 278 g/mol. The quantitative estimate of drug-likeness (QED) is 0.676. The molecule has 2 aromatic heterocycles. The summed E-state index contributed by atoms with van der Waals surface area (Å²) in [5.41, 5.74) is 5.30. The maximum Gasteiger partial charge on any atom is 0.209 e. The van der Waals surface area contributed by atoms with Crippen LogP contribution in [0.5, 0.6) is 5.75 Å². The molecule has 22 heavy (non-hydrogen) atoms. The Morgan fingerprint density at radius 3 is 2.41 bits per heavy atom. The molecule has 0 radical (unpaired) electrons. The fourth-order valence-corrected chi connectivity index (χ4v) is 2.81. The summed E-state index contributed by atoms with van der Waals surface area (Å²) < 4.78 is 7.02. The second-order valence-electron chi connectivity index (χ2n) is 5.45. The van der Waals surface area contributed by atoms with Gasteiger partial charge in [0, 0.05) is 11.8 Å². The van der Waals surface area contributed by atoms with Crippen LogP contribution in [-0.4, -0.2) is 16.5 Å². The molecule has 2 heterocycles. The molecule has 5 heteroatoms. The summed E-state index contributed by atoms with van der Waals surface area (Å²) in [6, 6.07) is 7.73. The number of imidazole rings is 1. The lowest BCUT2D eigenvalue weighted by Crippen LogP contribution is -1.92. The molecule has 0 N–H and O–H groups in total. The molecule has 3 rings (SSSR count). The number of aromatic nitrogens is 2. The summed E-state index contributed by atoms with van der Waals surface area (Å²) in [7, 11) is 1.64. The van der Waals surface area contributed by atoms with Crippen LogP contribution in [0.2, 0.25) is 0 Å². The van der Waals surface area contributed by atoms with Crippen molar-refractivity contribution in [1.29, 1.82) is 0 Å². The monoisotopic (exact) mass is 295 g/mol. The van der Waals surface area contributed by atoms with Gasteiger partial charge in [-0.2, -0.15) is 0 Å². The molecule has 0 fully saturated rings. The molecular formula is C17H17N3O2. The molecule has 0 atom stereocenters. The van der Waals surface area contributed by atoms with Gasteiger partial charge >= 0.3 is 0 Å². The van der Waals surface area contributed by atoms with Crippen molar-refractivity contribution < 1.29 is 4.74 Å². The molecule has 0 saturated heterocycles. The molecule has 1 aromatic carbocycles. The van der Waals surface area contributed by atoms with Gasteiger partial charge in [-0.3, -0.25) is 4.40 Å². The van der Waals surface area contributed by atoms with Gasteiger partial charge in [-0.05, 0) is 60.8 Å². The van der Waals surface area contributed by atoms with Crippen molar-refractivity contribution in [2.45, 2.75) is 20.8 Å². The van der Waals surface area contributed by atoms with Crippen molar-refractivity contribution in [3.63, 3.8) is 0 Å². The van der Waals surface area contributed by atoms with Crippen LogP contribution in [0, 0.1) is 25.7 Å². The van der Waals surface area contributed by atoms with E-state index in [0.29, 0.717) is 17.2 Å². The molecule has 0 aliphatic rings. The summed E-state index contributed by atoms with van der Waals surface area (Å²) in [4.78, 5) is 16.0. The van der Waals surface area contributed by atoms with Gasteiger partial charge in [0.1, 0.15) is 17.1 Å². The first-order valence-corrected chi connectivity index (χ1v) is 7.03. The Hall–Kier alpha value is -2.69. The largest absolute Gasteiger partial charge is 0.497 e. The number of hydrogen-bond donors (Lipinski definition) is 0. The van der Waals surface area contributed by atoms with Crippen molar-refractivity contribution in [2.75, 3.05) is 7.11 Å². The van der Waals surface area contributed by atoms with Crippen molar-refractivity contribution in [2.24, 2.45) is 5.18 Å². The maximum absolute atomic E-state index is 11.4. The average Bonchev–Trinajstić information content (AvgIpc) is 2.83. The van der Waals surface area contributed by atoms with Gasteiger partial charge in [0.15, 0.2) is 0 Å². The molecule has 0 aliphatic heterocycles. The summed E-state index contributed by atoms with van der Waals surface area (Å²) in [6.45, 7) is 5.93. The van der Waals surface area contributed by atoms with Crippen molar-refractivity contribution in [3.05, 3.63) is 52.1 Å². The Labute approximate surface area is 128 Å². The Bertz CT molecular complexity index is 858. The van der Waals surface area contributed by atoms with Crippen LogP contribution < -0.4 is 4.74 Å². The van der Waals surface area contributed by atoms with Crippen molar-refractivity contribution in [1.82, 2.24) is 9.38 Å². The molecule has 5 nitrogen and oxygen atoms in total. The first-order valence-electron chi connectivity index (χ1n) is 7.03. The van der Waals surface area contributed by atoms with Crippen LogP contribution in [0.25, 0.3) is 16.9 Å². The molecule has 0 aliphatic carbocycles. The molecule has 0 saturated carbocycles. The third kappa shape index (κ3) is 2.15. The first-order chi connectivity index (χ1) is 10.5. The van der Waals surface area contributed by atoms with E-state index in [0.717, 1.165) is 28.0 Å². The summed E-state index contributed by atoms with van der Waals surface area (Å²) in [6.07, 6.45) is 1.87. The highest BCUT2D eigenvalue weighted by Crippen LogP contribution is 2.36. The van der Waals surface area contributed by atoms with Crippen LogP contribution in [0.1, 0.15) is 16.7 Å². The molecule has 112 valence electrons. The Morgan fingerprint density at radius 1 is 1.14 bits per heavy atom. The predicted molar refractivity (Wildman–Crippen MR) is 86.8 cm³/mol. The minimum Gasteiger partial charge on any atom is -0.497 e. The zero-order valence-corrected chi connectivity index (χ0v) is 13.0. The first kappa shape index (κ1) is 14.3. The van der Waals surface area contributed by atoms with Gasteiger partial charge in [-0.25, -0.2) is 4.98 Å². The van der Waals surface area contributed by atoms with Gasteiger partial charge in [0.25, 0.3) is 0 Å². The highest BCUT2D eigenvalue weighted by atomic mass is 16.5. The minimum absolute atomic E-state index is 0.329. The number of methoxy groups -OCH3 is 1. The topological polar surface area (TPSA) is 56.0 Å². The highest BCUT2D eigenvalue weighted by molar-refractivity contribution is 5.79. The van der Waals surface area contributed by atoms with Gasteiger partial charge in [0.2, 0.25) is 5.82 Å². The Balaban J connectivity index is 2.33. The Morgan fingerprint density at radius 2 is 1.82 bits per heavy atom. The van der Waals surface area contributed by atoms with Gasteiger partial charge in [-0.15, -0.1) is 4.91 Å². The zero-order valence-electron chi connectivity index (χ0n) is 13.0. The second kappa shape index (κ2) is 5.26. The standard InChI is InChI=1S/C17H17N3O2/c1-10-5-6-14-18-16(17(19-21)20(14)9-10)15-11(2)7-13(22-4)8-12(15)3/h5-9H,1-4H3. The lowest BCUT2D eigenvalue weighted by atomic mass is 9.99. The van der Waals surface area contributed by atoms with E-state index in [1.807, 2.05) is 51.2 Å². The number of hydrogen-bond acceptors (Lipinski definition) is 4. The summed E-state index contributed by atoms with van der Waals surface area (Å²) >= 11 is 0. The van der Waals surface area contributed by atoms with E-state index in [9.17, 15) is 4.91 Å². The van der Waals surface area contributed by atoms with Crippen LogP contribution in [0.3, 0.4) is 0 Å². The average molecular weight is 295 g/mol. The number of benzene rings is 1. The van der Waals surface area contributed by atoms with E-state index in [2.05, 4.69) is 10.2 Å². The van der Waals surface area contributed by atoms with Gasteiger partial charge < -0.3 is 4.74 Å². The van der Waals surface area contributed by atoms with Crippen molar-refractivity contribution in [3.8, 4) is 17.0 Å². The fraction of sp³-hybridized carbons (Fsp3) is 0.235. The minimum atomic E-state index is 0.329. The number of ether oxygens (including phenoxy) is 1. The Kier molecular flexibility index (Phi) is 3.41. The molecule has 3 aromatic rings. The number of fused-ring (bicyclic) bond motifs is 1. The van der Waals surface area contributed by atoms with E-state index in [1.54, 1.807) is 11.5 Å². The summed E-state index contributed by atoms with van der Waals surface area (Å²) in [5.74, 6) is 1.12. The number of rotatable bonds is 3. The number of pyridine rings is 1. The molecule has 0 unspecified atom stereocenters. The zero-order chi connectivity index (χ0) is 15.9. The van der Waals surface area contributed by atoms with Gasteiger partial charge in [-0.1, -0.05) is 6.07 Å². The second-order valence-corrected chi connectivity index (χ2v) is 5.45. The lowest BCUT2D eigenvalue weighted by molar-refractivity contribution is 0.414. The van der Waals surface area contributed by atoms with E-state index < -0.39 is 0 Å². The highest BCUT2D eigenvalue weighted by Gasteiger charge is 2.19. The molecule has 0 spiro atoms. The lowest BCUT2D eigenvalue weighted by Gasteiger charge is -2.10. The van der Waals surface area contributed by atoms with Crippen molar-refractivity contribution >= 4 is 11.5 Å². The third-order valence-corrected chi connectivity index (χ3v) is 3.81. The SMILES string of the molecule is COc1cc(C)c(-c2nc3ccc(C)cn3c2N=O)c(C)c1. The van der Waals surface area contributed by atoms with E-state index in [1.165, 1.54) is 0 Å². The summed E-state index contributed by atoms with van der Waals surface area (Å²) in [5, 5.41) is 3.22. The molecule has 0 bridgehead atoms. The third-order valence-electron chi connectivity index (χ3n) is 3.81.